The van der Waals surface area contributed by atoms with Gasteiger partial charge in [0.25, 0.3) is 29.8 Å². The number of hydrogen-bond donors (Lipinski definition) is 7. The van der Waals surface area contributed by atoms with E-state index in [4.69, 9.17) is 59.5 Å². The Balaban J connectivity index is 0.000000540. The number of fused-ring (bicyclic) bond motifs is 8. The van der Waals surface area contributed by atoms with Gasteiger partial charge in [-0.1, -0.05) is 6.08 Å². The van der Waals surface area contributed by atoms with E-state index in [1.165, 1.54) is 5.57 Å². The van der Waals surface area contributed by atoms with Crippen LogP contribution in [0.2, 0.25) is 0 Å². The van der Waals surface area contributed by atoms with Crippen molar-refractivity contribution in [1.29, 1.82) is 0 Å². The van der Waals surface area contributed by atoms with Crippen LogP contribution in [-0.4, -0.2) is 93.8 Å². The van der Waals surface area contributed by atoms with Gasteiger partial charge in [0.2, 0.25) is 0 Å². The molecular weight excluding hydrogens is 662 g/mol. The number of carboxylic acid groups (broad SMARTS) is 5. The minimum Gasteiger partial charge on any atom is -0.481 e. The SMILES string of the molecule is CC(=O)O.CC(=O)O.CC(=O)O.CC(=O)O.CC(=O)O.CN1C=CC(c2c3nc(cc4ccc(cc5nc(cc6ccc2[nH]6)C=C5)[nH]4)C=C3)=CC1. The molecule has 0 saturated carbocycles. The minimum atomic E-state index is -0.833. The Bertz CT molecular complexity index is 1910. The molecule has 0 radical (unpaired) electrons. The summed E-state index contributed by atoms with van der Waals surface area (Å²) in [5.41, 5.74) is 10.1. The molecule has 15 heteroatoms. The van der Waals surface area contributed by atoms with Crippen LogP contribution >= 0.6 is 0 Å². The predicted molar refractivity (Wildman–Crippen MR) is 195 cm³/mol. The molecule has 3 aromatic heterocycles. The molecule has 8 bridgehead atoms. The number of carbonyl (C=O) groups is 5. The molecule has 0 amide bonds. The molecule has 0 saturated heterocycles. The van der Waals surface area contributed by atoms with Crippen molar-refractivity contribution in [1.82, 2.24) is 24.8 Å². The Morgan fingerprint density at radius 3 is 1.41 bits per heavy atom. The van der Waals surface area contributed by atoms with Gasteiger partial charge in [-0.25, -0.2) is 9.97 Å². The van der Waals surface area contributed by atoms with E-state index in [2.05, 4.69) is 94.9 Å². The Kier molecular flexibility index (Phi) is 17.6. The lowest BCUT2D eigenvalue weighted by atomic mass is 10.0. The molecule has 7 N–H and O–H groups in total. The number of carboxylic acids is 5. The first kappa shape index (κ1) is 42.3. The molecule has 0 fully saturated rings. The smallest absolute Gasteiger partial charge is 0.300 e. The topological polar surface area (TPSA) is 247 Å². The number of H-pyrrole nitrogens is 2. The quantitative estimate of drug-likeness (QED) is 0.107. The van der Waals surface area contributed by atoms with E-state index in [0.29, 0.717) is 0 Å². The zero-order valence-electron chi connectivity index (χ0n) is 28.9. The number of aliphatic carboxylic acids is 5. The van der Waals surface area contributed by atoms with E-state index >= 15 is 0 Å². The Morgan fingerprint density at radius 1 is 0.588 bits per heavy atom. The van der Waals surface area contributed by atoms with Crippen molar-refractivity contribution in [3.8, 4) is 0 Å². The highest BCUT2D eigenvalue weighted by Crippen LogP contribution is 2.29. The second-order valence-electron chi connectivity index (χ2n) is 10.6. The third-order valence-corrected chi connectivity index (χ3v) is 5.62. The van der Waals surface area contributed by atoms with Crippen molar-refractivity contribution in [3.63, 3.8) is 0 Å². The number of aromatic nitrogens is 4. The highest BCUT2D eigenvalue weighted by atomic mass is 16.4. The fourth-order valence-electron chi connectivity index (χ4n) is 4.08. The van der Waals surface area contributed by atoms with Gasteiger partial charge in [-0.15, -0.1) is 0 Å². The average molecular weight is 704 g/mol. The van der Waals surface area contributed by atoms with Crippen molar-refractivity contribution in [2.75, 3.05) is 13.6 Å². The first-order valence-electron chi connectivity index (χ1n) is 15.0. The van der Waals surface area contributed by atoms with E-state index in [0.717, 1.165) is 91.6 Å². The summed E-state index contributed by atoms with van der Waals surface area (Å²) in [6.07, 6.45) is 14.7. The molecule has 0 spiro atoms. The Labute approximate surface area is 293 Å². The van der Waals surface area contributed by atoms with Crippen LogP contribution in [0.25, 0.3) is 51.9 Å². The number of nitrogens with one attached hydrogen (secondary N) is 2. The fourth-order valence-corrected chi connectivity index (χ4v) is 4.08. The molecular formula is C36H41N5O10. The molecule has 3 aromatic rings. The van der Waals surface area contributed by atoms with Gasteiger partial charge in [0, 0.05) is 75.8 Å². The lowest BCUT2D eigenvalue weighted by Crippen LogP contribution is -2.13. The summed E-state index contributed by atoms with van der Waals surface area (Å²) >= 11 is 0. The first-order valence-corrected chi connectivity index (χ1v) is 15.0. The summed E-state index contributed by atoms with van der Waals surface area (Å²) in [5.74, 6) is -4.17. The van der Waals surface area contributed by atoms with Crippen molar-refractivity contribution >= 4 is 81.8 Å². The molecule has 6 rings (SSSR count). The molecule has 0 atom stereocenters. The van der Waals surface area contributed by atoms with Crippen LogP contribution in [0.3, 0.4) is 0 Å². The molecule has 15 nitrogen and oxygen atoms in total. The number of likely N-dealkylation sites (N-methyl/N-ethyl adjacent to an activating group) is 1. The van der Waals surface area contributed by atoms with Crippen LogP contribution in [0.4, 0.5) is 0 Å². The van der Waals surface area contributed by atoms with Gasteiger partial charge >= 0.3 is 0 Å². The summed E-state index contributed by atoms with van der Waals surface area (Å²) in [6, 6.07) is 14.5. The van der Waals surface area contributed by atoms with E-state index in [9.17, 15) is 0 Å². The van der Waals surface area contributed by atoms with E-state index in [1.807, 2.05) is 12.2 Å². The van der Waals surface area contributed by atoms with Crippen molar-refractivity contribution in [2.24, 2.45) is 0 Å². The molecule has 51 heavy (non-hydrogen) atoms. The second kappa shape index (κ2) is 21.3. The number of nitrogens with zero attached hydrogens (tertiary/aromatic N) is 3. The van der Waals surface area contributed by atoms with Crippen molar-refractivity contribution < 1.29 is 49.5 Å². The Morgan fingerprint density at radius 2 is 0.980 bits per heavy atom. The summed E-state index contributed by atoms with van der Waals surface area (Å²) in [4.78, 5) is 63.8. The molecule has 270 valence electrons. The van der Waals surface area contributed by atoms with Gasteiger partial charge in [0.1, 0.15) is 0 Å². The highest BCUT2D eigenvalue weighted by Gasteiger charge is 2.13. The molecule has 0 aromatic carbocycles. The second-order valence-corrected chi connectivity index (χ2v) is 10.6. The van der Waals surface area contributed by atoms with Crippen LogP contribution in [0, 0.1) is 0 Å². The largest absolute Gasteiger partial charge is 0.481 e. The lowest BCUT2D eigenvalue weighted by Gasteiger charge is -2.17. The summed E-state index contributed by atoms with van der Waals surface area (Å²) in [6.45, 7) is 6.29. The molecule has 3 aliphatic rings. The van der Waals surface area contributed by atoms with Crippen molar-refractivity contribution in [3.05, 3.63) is 89.2 Å². The third kappa shape index (κ3) is 18.4. The summed E-state index contributed by atoms with van der Waals surface area (Å²) in [5, 5.41) is 37.1. The van der Waals surface area contributed by atoms with Crippen LogP contribution in [0.15, 0.2) is 60.8 Å². The number of allylic oxidation sites excluding steroid dienone is 2. The van der Waals surface area contributed by atoms with Gasteiger partial charge < -0.3 is 40.4 Å². The zero-order valence-corrected chi connectivity index (χ0v) is 28.9. The number of hydrogen-bond acceptors (Lipinski definition) is 8. The maximum absolute atomic E-state index is 9.00. The minimum absolute atomic E-state index is 0.833. The normalized spacial score (nSPS) is 11.5. The van der Waals surface area contributed by atoms with Gasteiger partial charge in [0.05, 0.1) is 22.8 Å². The average Bonchev–Trinajstić information content (AvgIpc) is 3.79. The number of aromatic amines is 2. The monoisotopic (exact) mass is 703 g/mol. The van der Waals surface area contributed by atoms with Crippen LogP contribution in [0.5, 0.6) is 0 Å². The third-order valence-electron chi connectivity index (χ3n) is 5.62. The van der Waals surface area contributed by atoms with E-state index < -0.39 is 29.8 Å². The first-order chi connectivity index (χ1) is 23.9. The van der Waals surface area contributed by atoms with E-state index in [-0.39, 0.29) is 0 Å². The van der Waals surface area contributed by atoms with Gasteiger partial charge in [-0.3, -0.25) is 24.0 Å². The maximum atomic E-state index is 9.00. The fraction of sp³-hybridized carbons (Fsp3) is 0.194. The summed E-state index contributed by atoms with van der Waals surface area (Å²) < 4.78 is 0. The maximum Gasteiger partial charge on any atom is 0.300 e. The van der Waals surface area contributed by atoms with Gasteiger partial charge in [0.15, 0.2) is 0 Å². The van der Waals surface area contributed by atoms with Crippen LogP contribution < -0.4 is 0 Å². The molecule has 6 heterocycles. The highest BCUT2D eigenvalue weighted by molar-refractivity contribution is 5.91. The predicted octanol–water partition coefficient (Wildman–Crippen LogP) is 5.95. The molecule has 3 aliphatic heterocycles. The van der Waals surface area contributed by atoms with Gasteiger partial charge in [-0.2, -0.15) is 0 Å². The van der Waals surface area contributed by atoms with Crippen LogP contribution in [0.1, 0.15) is 63.0 Å². The Hall–Kier alpha value is -6.77. The lowest BCUT2D eigenvalue weighted by molar-refractivity contribution is -0.135. The molecule has 0 unspecified atom stereocenters. The molecule has 0 aliphatic carbocycles. The van der Waals surface area contributed by atoms with Gasteiger partial charge in [-0.05, 0) is 84.6 Å². The standard InChI is InChI=1S/C26H21N5.5C2H4O2/c1-31-12-10-17(11-13-31)26-24-8-6-22(29-24)15-20-4-2-18(27-20)14-19-3-5-21(28-19)16-23-7-9-25(26)30-23;5*1-2(3)4/h2-12,14-16,27,30H,13H2,1H3;5*1H3,(H,3,4). The number of rotatable bonds is 1. The van der Waals surface area contributed by atoms with Crippen LogP contribution in [-0.2, 0) is 24.0 Å². The zero-order chi connectivity index (χ0) is 38.7. The van der Waals surface area contributed by atoms with E-state index in [1.54, 1.807) is 0 Å². The van der Waals surface area contributed by atoms with Crippen molar-refractivity contribution in [2.45, 2.75) is 34.6 Å². The summed E-state index contributed by atoms with van der Waals surface area (Å²) in [7, 11) is 2.08.